The van der Waals surface area contributed by atoms with Crippen LogP contribution in [0.25, 0.3) is 11.0 Å². The molecule has 0 saturated heterocycles. The number of imidazole rings is 2. The van der Waals surface area contributed by atoms with E-state index in [9.17, 15) is 13.2 Å². The minimum atomic E-state index is -4.39. The second-order valence-electron chi connectivity index (χ2n) is 4.62. The lowest BCUT2D eigenvalue weighted by molar-refractivity contribution is -0.137. The molecule has 0 aliphatic rings. The van der Waals surface area contributed by atoms with E-state index in [0.29, 0.717) is 18.6 Å². The van der Waals surface area contributed by atoms with Gasteiger partial charge in [0, 0.05) is 25.5 Å². The van der Waals surface area contributed by atoms with E-state index in [4.69, 9.17) is 5.73 Å². The van der Waals surface area contributed by atoms with Crippen LogP contribution in [-0.4, -0.2) is 19.1 Å². The van der Waals surface area contributed by atoms with Crippen LogP contribution in [0.3, 0.4) is 0 Å². The normalized spacial score (nSPS) is 12.1. The Morgan fingerprint density at radius 1 is 1.19 bits per heavy atom. The summed E-state index contributed by atoms with van der Waals surface area (Å²) in [6.45, 7) is 1.11. The van der Waals surface area contributed by atoms with Crippen molar-refractivity contribution in [2.45, 2.75) is 19.3 Å². The fourth-order valence-electron chi connectivity index (χ4n) is 2.19. The number of nitrogens with two attached hydrogens (primary N) is 1. The highest BCUT2D eigenvalue weighted by Gasteiger charge is 2.31. The summed E-state index contributed by atoms with van der Waals surface area (Å²) in [4.78, 5) is 7.93. The largest absolute Gasteiger partial charge is 0.416 e. The molecular formula is C13H12F3N5. The van der Waals surface area contributed by atoms with Crippen LogP contribution >= 0.6 is 0 Å². The zero-order chi connectivity index (χ0) is 15.0. The third kappa shape index (κ3) is 2.56. The third-order valence-electron chi connectivity index (χ3n) is 3.25. The molecule has 0 amide bonds. The van der Waals surface area contributed by atoms with Crippen LogP contribution in [0, 0.1) is 0 Å². The second kappa shape index (κ2) is 4.80. The lowest BCUT2D eigenvalue weighted by Gasteiger charge is -2.08. The van der Waals surface area contributed by atoms with Crippen molar-refractivity contribution in [3.63, 3.8) is 0 Å². The maximum Gasteiger partial charge on any atom is 0.416 e. The Morgan fingerprint density at radius 3 is 2.67 bits per heavy atom. The van der Waals surface area contributed by atoms with Gasteiger partial charge in [-0.05, 0) is 18.2 Å². The zero-order valence-electron chi connectivity index (χ0n) is 10.9. The summed E-state index contributed by atoms with van der Waals surface area (Å²) in [6, 6.07) is 3.45. The molecular weight excluding hydrogens is 283 g/mol. The topological polar surface area (TPSA) is 61.7 Å². The van der Waals surface area contributed by atoms with Crippen LogP contribution in [0.4, 0.5) is 19.1 Å². The molecule has 0 fully saturated rings. The first-order valence-electron chi connectivity index (χ1n) is 6.24. The average molecular weight is 295 g/mol. The van der Waals surface area contributed by atoms with E-state index in [-0.39, 0.29) is 11.5 Å². The molecule has 0 aliphatic carbocycles. The quantitative estimate of drug-likeness (QED) is 0.807. The van der Waals surface area contributed by atoms with Crippen LogP contribution in [0.2, 0.25) is 0 Å². The lowest BCUT2D eigenvalue weighted by Crippen LogP contribution is -2.09. The number of anilines is 1. The van der Waals surface area contributed by atoms with Gasteiger partial charge in [0.15, 0.2) is 0 Å². The van der Waals surface area contributed by atoms with E-state index >= 15 is 0 Å². The minimum Gasteiger partial charge on any atom is -0.369 e. The Balaban J connectivity index is 1.94. The van der Waals surface area contributed by atoms with Gasteiger partial charge in [0.2, 0.25) is 5.95 Å². The molecule has 2 N–H and O–H groups in total. The number of nitrogen functional groups attached to an aromatic ring is 1. The lowest BCUT2D eigenvalue weighted by atomic mass is 10.2. The molecule has 0 bridgehead atoms. The van der Waals surface area contributed by atoms with Gasteiger partial charge < -0.3 is 14.9 Å². The Hall–Kier alpha value is -2.51. The molecule has 3 rings (SSSR count). The van der Waals surface area contributed by atoms with Crippen molar-refractivity contribution < 1.29 is 13.2 Å². The van der Waals surface area contributed by atoms with E-state index in [2.05, 4.69) is 9.97 Å². The number of hydrogen-bond donors (Lipinski definition) is 1. The van der Waals surface area contributed by atoms with Gasteiger partial charge in [-0.3, -0.25) is 0 Å². The number of benzene rings is 1. The Bertz CT molecular complexity index is 758. The van der Waals surface area contributed by atoms with Gasteiger partial charge >= 0.3 is 6.18 Å². The van der Waals surface area contributed by atoms with Crippen LogP contribution in [-0.2, 0) is 19.3 Å². The molecule has 0 atom stereocenters. The molecule has 3 aromatic rings. The van der Waals surface area contributed by atoms with Crippen molar-refractivity contribution >= 4 is 17.0 Å². The number of halogens is 3. The Morgan fingerprint density at radius 2 is 2.00 bits per heavy atom. The molecule has 110 valence electrons. The molecule has 5 nitrogen and oxygen atoms in total. The SMILES string of the molecule is Nc1nc2cc(C(F)(F)F)ccc2n1CCn1ccnc1. The van der Waals surface area contributed by atoms with Gasteiger partial charge in [-0.15, -0.1) is 0 Å². The van der Waals surface area contributed by atoms with E-state index < -0.39 is 11.7 Å². The molecule has 0 aliphatic heterocycles. The summed E-state index contributed by atoms with van der Waals surface area (Å²) in [5, 5.41) is 0. The average Bonchev–Trinajstić information content (AvgIpc) is 3.01. The van der Waals surface area contributed by atoms with Gasteiger partial charge in [0.25, 0.3) is 0 Å². The highest BCUT2D eigenvalue weighted by atomic mass is 19.4. The summed E-state index contributed by atoms with van der Waals surface area (Å²) in [5.41, 5.74) is 5.90. The molecule has 2 heterocycles. The number of aromatic nitrogens is 4. The summed E-state index contributed by atoms with van der Waals surface area (Å²) in [6.07, 6.45) is 0.739. The van der Waals surface area contributed by atoms with E-state index in [1.54, 1.807) is 23.3 Å². The van der Waals surface area contributed by atoms with Crippen molar-refractivity contribution in [1.29, 1.82) is 0 Å². The van der Waals surface area contributed by atoms with Gasteiger partial charge in [-0.1, -0.05) is 0 Å². The molecule has 0 unspecified atom stereocenters. The third-order valence-corrected chi connectivity index (χ3v) is 3.25. The Labute approximate surface area is 117 Å². The van der Waals surface area contributed by atoms with Crippen molar-refractivity contribution in [2.75, 3.05) is 5.73 Å². The molecule has 8 heteroatoms. The summed E-state index contributed by atoms with van der Waals surface area (Å²) in [7, 11) is 0. The standard InChI is InChI=1S/C13H12F3N5/c14-13(15,16)9-1-2-11-10(7-9)19-12(17)21(11)6-5-20-4-3-18-8-20/h1-4,7-8H,5-6H2,(H2,17,19). The monoisotopic (exact) mass is 295 g/mol. The highest BCUT2D eigenvalue weighted by Crippen LogP contribution is 2.31. The van der Waals surface area contributed by atoms with Crippen LogP contribution in [0.5, 0.6) is 0 Å². The zero-order valence-corrected chi connectivity index (χ0v) is 10.9. The first-order valence-corrected chi connectivity index (χ1v) is 6.24. The molecule has 21 heavy (non-hydrogen) atoms. The van der Waals surface area contributed by atoms with Crippen molar-refractivity contribution in [1.82, 2.24) is 19.1 Å². The van der Waals surface area contributed by atoms with Gasteiger partial charge in [0.05, 0.1) is 22.9 Å². The summed E-state index contributed by atoms with van der Waals surface area (Å²) < 4.78 is 41.6. The van der Waals surface area contributed by atoms with Crippen molar-refractivity contribution in [3.05, 3.63) is 42.5 Å². The highest BCUT2D eigenvalue weighted by molar-refractivity contribution is 5.79. The summed E-state index contributed by atoms with van der Waals surface area (Å²) >= 11 is 0. The van der Waals surface area contributed by atoms with Crippen LogP contribution < -0.4 is 5.73 Å². The van der Waals surface area contributed by atoms with Gasteiger partial charge in [-0.2, -0.15) is 13.2 Å². The molecule has 2 aromatic heterocycles. The molecule has 0 spiro atoms. The number of fused-ring (bicyclic) bond motifs is 1. The smallest absolute Gasteiger partial charge is 0.369 e. The number of nitrogens with zero attached hydrogens (tertiary/aromatic N) is 4. The van der Waals surface area contributed by atoms with Crippen LogP contribution in [0.15, 0.2) is 36.9 Å². The van der Waals surface area contributed by atoms with Crippen molar-refractivity contribution in [3.8, 4) is 0 Å². The second-order valence-corrected chi connectivity index (χ2v) is 4.62. The van der Waals surface area contributed by atoms with E-state index in [1.807, 2.05) is 4.57 Å². The predicted octanol–water partition coefficient (Wildman–Crippen LogP) is 2.53. The predicted molar refractivity (Wildman–Crippen MR) is 71.4 cm³/mol. The minimum absolute atomic E-state index is 0.199. The fraction of sp³-hybridized carbons (Fsp3) is 0.231. The molecule has 1 aromatic carbocycles. The number of hydrogen-bond acceptors (Lipinski definition) is 3. The molecule has 0 radical (unpaired) electrons. The van der Waals surface area contributed by atoms with E-state index in [1.165, 1.54) is 6.07 Å². The first-order chi connectivity index (χ1) is 9.95. The molecule has 0 saturated carbocycles. The number of aryl methyl sites for hydroxylation is 2. The first kappa shape index (κ1) is 13.5. The summed E-state index contributed by atoms with van der Waals surface area (Å²) in [5.74, 6) is 0.199. The maximum absolute atomic E-state index is 12.7. The number of alkyl halides is 3. The van der Waals surface area contributed by atoms with Gasteiger partial charge in [-0.25, -0.2) is 9.97 Å². The van der Waals surface area contributed by atoms with Gasteiger partial charge in [0.1, 0.15) is 0 Å². The Kier molecular flexibility index (Phi) is 3.08. The maximum atomic E-state index is 12.7. The number of rotatable bonds is 3. The van der Waals surface area contributed by atoms with Crippen molar-refractivity contribution in [2.24, 2.45) is 0 Å². The van der Waals surface area contributed by atoms with E-state index in [0.717, 1.165) is 12.1 Å². The fourth-order valence-corrected chi connectivity index (χ4v) is 2.19. The van der Waals surface area contributed by atoms with Crippen LogP contribution in [0.1, 0.15) is 5.56 Å².